The third-order valence-electron chi connectivity index (χ3n) is 3.93. The molecule has 0 aliphatic heterocycles. The number of anilines is 1. The molecule has 3 rings (SSSR count). The zero-order valence-electron chi connectivity index (χ0n) is 18.1. The number of carbonyl (C=O) groups is 1. The molecule has 0 radical (unpaired) electrons. The number of fused-ring (bicyclic) bond motifs is 1. The quantitative estimate of drug-likeness (QED) is 0.907. The number of likely N-dealkylation sites (N-methyl/N-ethyl adjacent to an activating group) is 1. The first-order chi connectivity index (χ1) is 13.4. The van der Waals surface area contributed by atoms with E-state index in [-0.39, 0.29) is 23.9 Å². The van der Waals surface area contributed by atoms with Crippen molar-refractivity contribution >= 4 is 11.7 Å². The Bertz CT molecular complexity index is 927. The van der Waals surface area contributed by atoms with Gasteiger partial charge in [-0.1, -0.05) is 0 Å². The fourth-order valence-corrected chi connectivity index (χ4v) is 2.95. The molecule has 6 nitrogen and oxygen atoms in total. The third-order valence-corrected chi connectivity index (χ3v) is 3.93. The number of hydrogen-bond donors (Lipinski definition) is 1. The molecule has 0 bridgehead atoms. The first-order valence-electron chi connectivity index (χ1n) is 10.0. The molecule has 1 aliphatic carbocycles. The van der Waals surface area contributed by atoms with Crippen LogP contribution in [0.25, 0.3) is 11.5 Å². The predicted molar refractivity (Wildman–Crippen MR) is 98.4 cm³/mol. The standard InChI is InChI=1S/C19H24FN5O/c1-19(2,3)24-16(26)11-25(4)18-13-6-5-7-14(13)22-17(23-18)15-10-12(20)8-9-21-15/h8-10H,5-7,11H2,1-4H3,(H,24,26)/i4D3. The molecular weight excluding hydrogens is 333 g/mol. The number of nitrogens with zero attached hydrogens (tertiary/aromatic N) is 4. The minimum absolute atomic E-state index is 0.144. The number of rotatable bonds is 4. The number of pyridine rings is 1. The van der Waals surface area contributed by atoms with E-state index in [1.807, 2.05) is 20.8 Å². The molecule has 1 aliphatic rings. The molecule has 7 heteroatoms. The number of aromatic nitrogens is 3. The molecule has 0 aromatic carbocycles. The molecule has 26 heavy (non-hydrogen) atoms. The van der Waals surface area contributed by atoms with Gasteiger partial charge < -0.3 is 10.2 Å². The summed E-state index contributed by atoms with van der Waals surface area (Å²) in [5.41, 5.74) is 1.14. The van der Waals surface area contributed by atoms with Crippen molar-refractivity contribution in [3.8, 4) is 11.5 Å². The highest BCUT2D eigenvalue weighted by Gasteiger charge is 2.24. The lowest BCUT2D eigenvalue weighted by atomic mass is 10.1. The van der Waals surface area contributed by atoms with Crippen LogP contribution in [0.5, 0.6) is 0 Å². The van der Waals surface area contributed by atoms with Crippen molar-refractivity contribution in [1.82, 2.24) is 20.3 Å². The first-order valence-corrected chi connectivity index (χ1v) is 8.54. The van der Waals surface area contributed by atoms with E-state index >= 15 is 0 Å². The molecule has 0 atom stereocenters. The van der Waals surface area contributed by atoms with Crippen molar-refractivity contribution in [3.63, 3.8) is 0 Å². The second-order valence-corrected chi connectivity index (χ2v) is 7.39. The third kappa shape index (κ3) is 4.15. The largest absolute Gasteiger partial charge is 0.350 e. The minimum atomic E-state index is -2.59. The summed E-state index contributed by atoms with van der Waals surface area (Å²) in [5.74, 6) is -0.592. The number of hydrogen-bond acceptors (Lipinski definition) is 5. The van der Waals surface area contributed by atoms with E-state index in [9.17, 15) is 9.18 Å². The van der Waals surface area contributed by atoms with Gasteiger partial charge in [0.05, 0.1) is 6.54 Å². The van der Waals surface area contributed by atoms with Gasteiger partial charge in [0.15, 0.2) is 5.82 Å². The van der Waals surface area contributed by atoms with E-state index in [1.54, 1.807) is 0 Å². The number of carbonyl (C=O) groups excluding carboxylic acids is 1. The van der Waals surface area contributed by atoms with E-state index in [0.29, 0.717) is 24.1 Å². The molecule has 2 heterocycles. The number of amides is 1. The van der Waals surface area contributed by atoms with Gasteiger partial charge in [0, 0.05) is 40.1 Å². The second kappa shape index (κ2) is 6.97. The van der Waals surface area contributed by atoms with Crippen molar-refractivity contribution in [3.05, 3.63) is 35.4 Å². The molecule has 2 aromatic heterocycles. The van der Waals surface area contributed by atoms with E-state index < -0.39 is 24.2 Å². The number of halogens is 1. The summed E-state index contributed by atoms with van der Waals surface area (Å²) in [6.07, 6.45) is 3.39. The van der Waals surface area contributed by atoms with Crippen LogP contribution in [0.4, 0.5) is 10.2 Å². The monoisotopic (exact) mass is 360 g/mol. The van der Waals surface area contributed by atoms with Gasteiger partial charge in [0.1, 0.15) is 17.3 Å². The lowest BCUT2D eigenvalue weighted by molar-refractivity contribution is -0.121. The van der Waals surface area contributed by atoms with Crippen LogP contribution < -0.4 is 10.2 Å². The van der Waals surface area contributed by atoms with E-state index in [4.69, 9.17) is 4.11 Å². The molecule has 0 saturated heterocycles. The molecule has 1 N–H and O–H groups in total. The molecule has 2 aromatic rings. The Balaban J connectivity index is 2.06. The zero-order chi connectivity index (χ0) is 21.4. The fraction of sp³-hybridized carbons (Fsp3) is 0.474. The lowest BCUT2D eigenvalue weighted by Gasteiger charge is -2.25. The second-order valence-electron chi connectivity index (χ2n) is 7.39. The van der Waals surface area contributed by atoms with Crippen LogP contribution in [0.15, 0.2) is 18.3 Å². The Kier molecular flexibility index (Phi) is 3.91. The van der Waals surface area contributed by atoms with Gasteiger partial charge in [-0.3, -0.25) is 9.78 Å². The average molecular weight is 360 g/mol. The highest BCUT2D eigenvalue weighted by atomic mass is 19.1. The van der Waals surface area contributed by atoms with Crippen LogP contribution >= 0.6 is 0 Å². The van der Waals surface area contributed by atoms with Gasteiger partial charge >= 0.3 is 0 Å². The summed E-state index contributed by atoms with van der Waals surface area (Å²) in [6.45, 7) is 2.49. The van der Waals surface area contributed by atoms with E-state index in [1.165, 1.54) is 18.3 Å². The summed E-state index contributed by atoms with van der Waals surface area (Å²) < 4.78 is 37.6. The van der Waals surface area contributed by atoms with E-state index in [2.05, 4.69) is 20.3 Å². The van der Waals surface area contributed by atoms with Crippen LogP contribution in [0.3, 0.4) is 0 Å². The summed E-state index contributed by atoms with van der Waals surface area (Å²) >= 11 is 0. The molecule has 0 unspecified atom stereocenters. The Morgan fingerprint density at radius 3 is 2.88 bits per heavy atom. The van der Waals surface area contributed by atoms with Crippen LogP contribution in [0.1, 0.15) is 42.6 Å². The van der Waals surface area contributed by atoms with Crippen molar-refractivity contribution in [2.45, 2.75) is 45.6 Å². The maximum absolute atomic E-state index is 13.7. The fourth-order valence-electron chi connectivity index (χ4n) is 2.95. The zero-order valence-corrected chi connectivity index (χ0v) is 15.1. The maximum atomic E-state index is 13.7. The van der Waals surface area contributed by atoms with Gasteiger partial charge in [0.25, 0.3) is 0 Å². The summed E-state index contributed by atoms with van der Waals surface area (Å²) in [7, 11) is 0. The maximum Gasteiger partial charge on any atom is 0.239 e. The molecule has 138 valence electrons. The van der Waals surface area contributed by atoms with Crippen molar-refractivity contribution < 1.29 is 13.3 Å². The molecular formula is C19H24FN5O. The average Bonchev–Trinajstić information content (AvgIpc) is 3.05. The van der Waals surface area contributed by atoms with E-state index in [0.717, 1.165) is 11.3 Å². The van der Waals surface area contributed by atoms with Crippen molar-refractivity contribution in [2.24, 2.45) is 0 Å². The molecule has 0 spiro atoms. The topological polar surface area (TPSA) is 71.0 Å². The predicted octanol–water partition coefficient (Wildman–Crippen LogP) is 2.52. The number of nitrogens with one attached hydrogen (secondary N) is 1. The minimum Gasteiger partial charge on any atom is -0.350 e. The van der Waals surface area contributed by atoms with Gasteiger partial charge in [-0.15, -0.1) is 0 Å². The first kappa shape index (κ1) is 14.6. The SMILES string of the molecule is [2H]C([2H])([2H])N(CC(=O)NC(C)(C)C)c1nc(-c2cc(F)ccn2)nc2c1CCC2. The Morgan fingerprint density at radius 1 is 1.38 bits per heavy atom. The Morgan fingerprint density at radius 2 is 2.19 bits per heavy atom. The molecule has 1 amide bonds. The lowest BCUT2D eigenvalue weighted by Crippen LogP contribution is -2.45. The summed E-state index contributed by atoms with van der Waals surface area (Å²) in [5, 5.41) is 2.78. The van der Waals surface area contributed by atoms with Gasteiger partial charge in [-0.05, 0) is 46.1 Å². The van der Waals surface area contributed by atoms with Gasteiger partial charge in [-0.25, -0.2) is 14.4 Å². The highest BCUT2D eigenvalue weighted by Crippen LogP contribution is 2.30. The van der Waals surface area contributed by atoms with Crippen molar-refractivity contribution in [2.75, 3.05) is 18.4 Å². The van der Waals surface area contributed by atoms with Crippen LogP contribution in [-0.4, -0.2) is 39.9 Å². The summed E-state index contributed by atoms with van der Waals surface area (Å²) in [4.78, 5) is 26.5. The van der Waals surface area contributed by atoms with Crippen LogP contribution in [0.2, 0.25) is 0 Å². The van der Waals surface area contributed by atoms with Crippen molar-refractivity contribution in [1.29, 1.82) is 0 Å². The van der Waals surface area contributed by atoms with Crippen LogP contribution in [-0.2, 0) is 17.6 Å². The molecule has 0 fully saturated rings. The Labute approximate surface area is 157 Å². The highest BCUT2D eigenvalue weighted by molar-refractivity contribution is 5.82. The van der Waals surface area contributed by atoms with Gasteiger partial charge in [0.2, 0.25) is 5.91 Å². The summed E-state index contributed by atoms with van der Waals surface area (Å²) in [6, 6.07) is 2.41. The van der Waals surface area contributed by atoms with Crippen LogP contribution in [0, 0.1) is 5.82 Å². The Hall–Kier alpha value is -2.57. The number of aryl methyl sites for hydroxylation is 1. The van der Waals surface area contributed by atoms with Gasteiger partial charge in [-0.2, -0.15) is 0 Å². The molecule has 0 saturated carbocycles. The normalized spacial score (nSPS) is 15.6. The smallest absolute Gasteiger partial charge is 0.239 e.